The number of pyridine rings is 1. The van der Waals surface area contributed by atoms with Crippen LogP contribution in [0.1, 0.15) is 12.8 Å². The van der Waals surface area contributed by atoms with Crippen molar-refractivity contribution in [1.82, 2.24) is 14.5 Å². The van der Waals surface area contributed by atoms with Crippen molar-refractivity contribution in [2.24, 2.45) is 7.05 Å². The minimum atomic E-state index is -0.206. The lowest BCUT2D eigenvalue weighted by Crippen LogP contribution is -2.12. The molecule has 2 aromatic heterocycles. The molecule has 5 nitrogen and oxygen atoms in total. The third-order valence-electron chi connectivity index (χ3n) is 2.65. The van der Waals surface area contributed by atoms with Crippen molar-refractivity contribution in [3.05, 3.63) is 21.7 Å². The highest BCUT2D eigenvalue weighted by Crippen LogP contribution is 2.33. The van der Waals surface area contributed by atoms with Gasteiger partial charge in [0.25, 0.3) is 0 Å². The third kappa shape index (κ3) is 1.39. The maximum Gasteiger partial charge on any atom is 0.326 e. The van der Waals surface area contributed by atoms with E-state index in [1.807, 2.05) is 0 Å². The second-order valence-corrected chi connectivity index (χ2v) is 4.32. The Bertz CT molecular complexity index is 612. The molecule has 2 aromatic rings. The van der Waals surface area contributed by atoms with Gasteiger partial charge in [-0.3, -0.25) is 4.57 Å². The number of nitrogens with zero attached hydrogens (tertiary/aromatic N) is 2. The van der Waals surface area contributed by atoms with Crippen LogP contribution >= 0.6 is 11.6 Å². The van der Waals surface area contributed by atoms with Gasteiger partial charge < -0.3 is 9.72 Å². The second-order valence-electron chi connectivity index (χ2n) is 3.95. The fraction of sp³-hybridized carbons (Fsp3) is 0.400. The summed E-state index contributed by atoms with van der Waals surface area (Å²) in [7, 11) is 1.66. The molecule has 16 heavy (non-hydrogen) atoms. The molecule has 0 radical (unpaired) electrons. The van der Waals surface area contributed by atoms with Crippen molar-refractivity contribution >= 4 is 22.6 Å². The normalized spacial score (nSPS) is 15.6. The summed E-state index contributed by atoms with van der Waals surface area (Å²) in [5.74, 6) is 0.409. The summed E-state index contributed by atoms with van der Waals surface area (Å²) >= 11 is 6.16. The summed E-state index contributed by atoms with van der Waals surface area (Å²) in [6, 6.07) is 0. The number of rotatable bonds is 2. The molecule has 84 valence electrons. The molecule has 0 saturated heterocycles. The van der Waals surface area contributed by atoms with Crippen molar-refractivity contribution in [2.75, 3.05) is 0 Å². The first-order valence-electron chi connectivity index (χ1n) is 5.06. The van der Waals surface area contributed by atoms with Crippen LogP contribution in [0.2, 0.25) is 5.02 Å². The van der Waals surface area contributed by atoms with Crippen LogP contribution in [0.15, 0.2) is 11.0 Å². The summed E-state index contributed by atoms with van der Waals surface area (Å²) in [6.45, 7) is 0. The van der Waals surface area contributed by atoms with Crippen LogP contribution in [0.3, 0.4) is 0 Å². The Kier molecular flexibility index (Phi) is 1.97. The van der Waals surface area contributed by atoms with E-state index in [-0.39, 0.29) is 11.8 Å². The molecule has 1 fully saturated rings. The summed E-state index contributed by atoms with van der Waals surface area (Å²) in [5.41, 5.74) is 1.06. The number of nitrogens with one attached hydrogen (secondary N) is 1. The van der Waals surface area contributed by atoms with Crippen molar-refractivity contribution in [3.8, 4) is 5.88 Å². The zero-order chi connectivity index (χ0) is 11.3. The number of fused-ring (bicyclic) bond motifs is 1. The lowest BCUT2D eigenvalue weighted by Gasteiger charge is -2.06. The molecule has 3 rings (SSSR count). The van der Waals surface area contributed by atoms with Crippen LogP contribution in [0, 0.1) is 0 Å². The summed E-state index contributed by atoms with van der Waals surface area (Å²) < 4.78 is 7.01. The molecule has 0 spiro atoms. The first kappa shape index (κ1) is 9.72. The number of halogens is 1. The van der Waals surface area contributed by atoms with E-state index in [0.717, 1.165) is 12.8 Å². The van der Waals surface area contributed by atoms with E-state index in [1.165, 1.54) is 4.57 Å². The number of imidazole rings is 1. The molecule has 1 aliphatic rings. The molecular formula is C10H10ClN3O2. The van der Waals surface area contributed by atoms with Crippen LogP contribution in [0.25, 0.3) is 11.0 Å². The van der Waals surface area contributed by atoms with Crippen molar-refractivity contribution < 1.29 is 4.74 Å². The fourth-order valence-electron chi connectivity index (χ4n) is 1.61. The minimum absolute atomic E-state index is 0.206. The van der Waals surface area contributed by atoms with Gasteiger partial charge in [0.05, 0.1) is 17.2 Å². The Morgan fingerprint density at radius 2 is 2.38 bits per heavy atom. The predicted molar refractivity (Wildman–Crippen MR) is 60.0 cm³/mol. The van der Waals surface area contributed by atoms with Gasteiger partial charge in [-0.1, -0.05) is 11.6 Å². The Morgan fingerprint density at radius 1 is 1.62 bits per heavy atom. The number of aromatic nitrogens is 3. The van der Waals surface area contributed by atoms with Crippen molar-refractivity contribution in [2.45, 2.75) is 18.9 Å². The maximum atomic E-state index is 11.4. The number of hydrogen-bond donors (Lipinski definition) is 1. The summed E-state index contributed by atoms with van der Waals surface area (Å²) in [6.07, 6.45) is 3.89. The van der Waals surface area contributed by atoms with E-state index in [0.29, 0.717) is 21.9 Å². The van der Waals surface area contributed by atoms with Crippen LogP contribution in [-0.2, 0) is 7.05 Å². The molecule has 1 aliphatic carbocycles. The van der Waals surface area contributed by atoms with E-state index in [1.54, 1.807) is 13.2 Å². The SMILES string of the molecule is Cn1c(=O)[nH]c2cnc(OC3CC3)c(Cl)c21. The van der Waals surface area contributed by atoms with Crippen LogP contribution in [0.4, 0.5) is 0 Å². The van der Waals surface area contributed by atoms with Gasteiger partial charge in [-0.2, -0.15) is 0 Å². The van der Waals surface area contributed by atoms with E-state index in [4.69, 9.17) is 16.3 Å². The quantitative estimate of drug-likeness (QED) is 0.863. The lowest BCUT2D eigenvalue weighted by molar-refractivity contribution is 0.292. The Morgan fingerprint density at radius 3 is 3.06 bits per heavy atom. The topological polar surface area (TPSA) is 59.9 Å². The number of H-pyrrole nitrogens is 1. The van der Waals surface area contributed by atoms with Gasteiger partial charge in [-0.05, 0) is 12.8 Å². The van der Waals surface area contributed by atoms with Crippen LogP contribution in [0.5, 0.6) is 5.88 Å². The highest BCUT2D eigenvalue weighted by Gasteiger charge is 2.26. The molecule has 2 heterocycles. The molecular weight excluding hydrogens is 230 g/mol. The number of ether oxygens (including phenoxy) is 1. The molecule has 0 aliphatic heterocycles. The molecule has 0 unspecified atom stereocenters. The highest BCUT2D eigenvalue weighted by atomic mass is 35.5. The van der Waals surface area contributed by atoms with Gasteiger partial charge in [0, 0.05) is 7.05 Å². The van der Waals surface area contributed by atoms with E-state index < -0.39 is 0 Å². The monoisotopic (exact) mass is 239 g/mol. The summed E-state index contributed by atoms with van der Waals surface area (Å²) in [4.78, 5) is 18.2. The number of aromatic amines is 1. The van der Waals surface area contributed by atoms with E-state index >= 15 is 0 Å². The Hall–Kier alpha value is -1.49. The first-order chi connectivity index (χ1) is 7.66. The van der Waals surface area contributed by atoms with Gasteiger partial charge >= 0.3 is 5.69 Å². The minimum Gasteiger partial charge on any atom is -0.473 e. The van der Waals surface area contributed by atoms with Gasteiger partial charge in [0.1, 0.15) is 11.1 Å². The van der Waals surface area contributed by atoms with Crippen molar-refractivity contribution in [1.29, 1.82) is 0 Å². The smallest absolute Gasteiger partial charge is 0.326 e. The average molecular weight is 240 g/mol. The molecule has 1 saturated carbocycles. The third-order valence-corrected chi connectivity index (χ3v) is 2.99. The number of hydrogen-bond acceptors (Lipinski definition) is 3. The second kappa shape index (κ2) is 3.25. The van der Waals surface area contributed by atoms with Gasteiger partial charge in [0.2, 0.25) is 5.88 Å². The fourth-order valence-corrected chi connectivity index (χ4v) is 1.93. The van der Waals surface area contributed by atoms with Gasteiger partial charge in [-0.25, -0.2) is 9.78 Å². The standard InChI is InChI=1S/C10H10ClN3O2/c1-14-8-6(13-10(14)15)4-12-9(7(8)11)16-5-2-3-5/h4-5H,2-3H2,1H3,(H,13,15). The first-order valence-corrected chi connectivity index (χ1v) is 5.44. The Labute approximate surface area is 96.0 Å². The molecule has 0 bridgehead atoms. The molecule has 0 atom stereocenters. The van der Waals surface area contributed by atoms with Crippen molar-refractivity contribution in [3.63, 3.8) is 0 Å². The van der Waals surface area contributed by atoms with Gasteiger partial charge in [-0.15, -0.1) is 0 Å². The number of aryl methyl sites for hydroxylation is 1. The van der Waals surface area contributed by atoms with Crippen LogP contribution < -0.4 is 10.4 Å². The zero-order valence-corrected chi connectivity index (χ0v) is 9.41. The molecule has 1 N–H and O–H groups in total. The lowest BCUT2D eigenvalue weighted by atomic mass is 10.4. The molecule has 0 aromatic carbocycles. The maximum absolute atomic E-state index is 11.4. The highest BCUT2D eigenvalue weighted by molar-refractivity contribution is 6.36. The Balaban J connectivity index is 2.20. The largest absolute Gasteiger partial charge is 0.473 e. The predicted octanol–water partition coefficient (Wildman–Crippen LogP) is 1.46. The van der Waals surface area contributed by atoms with Gasteiger partial charge in [0.15, 0.2) is 0 Å². The average Bonchev–Trinajstić information content (AvgIpc) is 3.00. The summed E-state index contributed by atoms with van der Waals surface area (Å²) in [5, 5.41) is 0.394. The zero-order valence-electron chi connectivity index (χ0n) is 8.66. The molecule has 0 amide bonds. The van der Waals surface area contributed by atoms with Crippen LogP contribution in [-0.4, -0.2) is 20.6 Å². The van der Waals surface area contributed by atoms with E-state index in [2.05, 4.69) is 9.97 Å². The molecule has 6 heteroatoms. The van der Waals surface area contributed by atoms with E-state index in [9.17, 15) is 4.79 Å².